The highest BCUT2D eigenvalue weighted by Gasteiger charge is 2.29. The summed E-state index contributed by atoms with van der Waals surface area (Å²) in [6, 6.07) is 0.562. The summed E-state index contributed by atoms with van der Waals surface area (Å²) in [6.07, 6.45) is 0.265. The van der Waals surface area contributed by atoms with Gasteiger partial charge in [0.2, 0.25) is 0 Å². The molecule has 1 saturated carbocycles. The smallest absolute Gasteiger partial charge is 0.335 e. The summed E-state index contributed by atoms with van der Waals surface area (Å²) in [5, 5.41) is 32.5. The number of nitrogens with two attached hydrogens (primary N) is 2. The summed E-state index contributed by atoms with van der Waals surface area (Å²) in [4.78, 5) is 19.5. The van der Waals surface area contributed by atoms with Gasteiger partial charge in [0.25, 0.3) is 0 Å². The monoisotopic (exact) mass is 264 g/mol. The van der Waals surface area contributed by atoms with Crippen molar-refractivity contribution in [3.05, 3.63) is 0 Å². The Kier molecular flexibility index (Phi) is 7.44. The zero-order chi connectivity index (χ0) is 14.3. The zero-order valence-electron chi connectivity index (χ0n) is 9.90. The lowest BCUT2D eigenvalue weighted by Crippen LogP contribution is -2.43. The number of hydrogen-bond donors (Lipinski definition) is 6. The van der Waals surface area contributed by atoms with Crippen LogP contribution in [0.3, 0.4) is 0 Å². The highest BCUT2D eigenvalue weighted by Crippen LogP contribution is 2.14. The van der Waals surface area contributed by atoms with Crippen LogP contribution < -0.4 is 11.5 Å². The van der Waals surface area contributed by atoms with E-state index in [2.05, 4.69) is 0 Å². The van der Waals surface area contributed by atoms with Crippen molar-refractivity contribution >= 4 is 11.9 Å². The molecular formula is C10H20N2O6. The largest absolute Gasteiger partial charge is 0.479 e. The van der Waals surface area contributed by atoms with Crippen LogP contribution in [0.5, 0.6) is 0 Å². The Hall–Kier alpha value is -1.22. The second-order valence-corrected chi connectivity index (χ2v) is 4.18. The van der Waals surface area contributed by atoms with Gasteiger partial charge in [-0.1, -0.05) is 12.8 Å². The highest BCUT2D eigenvalue weighted by molar-refractivity contribution is 5.83. The summed E-state index contributed by atoms with van der Waals surface area (Å²) < 4.78 is 0. The Labute approximate surface area is 104 Å². The van der Waals surface area contributed by atoms with Crippen molar-refractivity contribution in [1.29, 1.82) is 0 Å². The second-order valence-electron chi connectivity index (χ2n) is 4.18. The number of carbonyl (C=O) groups is 2. The summed E-state index contributed by atoms with van der Waals surface area (Å²) >= 11 is 0. The number of aliphatic carboxylic acids is 2. The molecule has 8 heteroatoms. The molecule has 0 heterocycles. The molecule has 1 fully saturated rings. The van der Waals surface area contributed by atoms with E-state index < -0.39 is 24.1 Å². The SMILES string of the molecule is NC1CCCCC1N.O=C(O)[C@H](O)[C@@H](O)C(=O)O. The van der Waals surface area contributed by atoms with Crippen molar-refractivity contribution in [2.24, 2.45) is 11.5 Å². The normalized spacial score (nSPS) is 26.4. The van der Waals surface area contributed by atoms with Crippen molar-refractivity contribution in [2.45, 2.75) is 50.0 Å². The molecule has 2 unspecified atom stereocenters. The summed E-state index contributed by atoms with van der Waals surface area (Å²) in [5.41, 5.74) is 11.3. The van der Waals surface area contributed by atoms with Crippen LogP contribution in [0.4, 0.5) is 0 Å². The molecule has 4 atom stereocenters. The summed E-state index contributed by atoms with van der Waals surface area (Å²) in [5.74, 6) is -3.54. The predicted molar refractivity (Wildman–Crippen MR) is 61.7 cm³/mol. The van der Waals surface area contributed by atoms with Gasteiger partial charge in [0.1, 0.15) is 0 Å². The average molecular weight is 264 g/mol. The van der Waals surface area contributed by atoms with Gasteiger partial charge in [0, 0.05) is 12.1 Å². The molecule has 1 aliphatic carbocycles. The maximum absolute atomic E-state index is 9.77. The Morgan fingerprint density at radius 2 is 1.17 bits per heavy atom. The van der Waals surface area contributed by atoms with Crippen molar-refractivity contribution in [2.75, 3.05) is 0 Å². The first-order chi connectivity index (χ1) is 8.27. The molecule has 0 radical (unpaired) electrons. The molecule has 0 aromatic heterocycles. The maximum atomic E-state index is 9.77. The molecule has 0 saturated heterocycles. The Morgan fingerprint density at radius 1 is 0.889 bits per heavy atom. The fourth-order valence-corrected chi connectivity index (χ4v) is 1.46. The lowest BCUT2D eigenvalue weighted by atomic mass is 9.92. The molecule has 0 amide bonds. The van der Waals surface area contributed by atoms with E-state index in [1.807, 2.05) is 0 Å². The van der Waals surface area contributed by atoms with Gasteiger partial charge in [-0.15, -0.1) is 0 Å². The van der Waals surface area contributed by atoms with E-state index >= 15 is 0 Å². The third-order valence-corrected chi connectivity index (χ3v) is 2.68. The van der Waals surface area contributed by atoms with Gasteiger partial charge in [-0.2, -0.15) is 0 Å². The van der Waals surface area contributed by atoms with Gasteiger partial charge in [-0.3, -0.25) is 0 Å². The number of rotatable bonds is 3. The molecule has 106 valence electrons. The van der Waals surface area contributed by atoms with Gasteiger partial charge in [0.15, 0.2) is 12.2 Å². The number of hydrogen-bond acceptors (Lipinski definition) is 6. The van der Waals surface area contributed by atoms with Crippen LogP contribution in [-0.2, 0) is 9.59 Å². The molecule has 1 aliphatic rings. The minimum atomic E-state index is -2.27. The van der Waals surface area contributed by atoms with E-state index in [1.54, 1.807) is 0 Å². The fraction of sp³-hybridized carbons (Fsp3) is 0.800. The summed E-state index contributed by atoms with van der Waals surface area (Å²) in [7, 11) is 0. The van der Waals surface area contributed by atoms with Gasteiger partial charge < -0.3 is 31.9 Å². The molecule has 1 rings (SSSR count). The molecule has 8 nitrogen and oxygen atoms in total. The molecule has 18 heavy (non-hydrogen) atoms. The maximum Gasteiger partial charge on any atom is 0.335 e. The van der Waals surface area contributed by atoms with Gasteiger partial charge >= 0.3 is 11.9 Å². The molecular weight excluding hydrogens is 244 g/mol. The van der Waals surface area contributed by atoms with Crippen molar-refractivity contribution in [3.8, 4) is 0 Å². The van der Waals surface area contributed by atoms with Crippen molar-refractivity contribution in [3.63, 3.8) is 0 Å². The van der Waals surface area contributed by atoms with Crippen LogP contribution in [0, 0.1) is 0 Å². The average Bonchev–Trinajstić information content (AvgIpc) is 2.31. The first-order valence-electron chi connectivity index (χ1n) is 5.60. The first-order valence-corrected chi connectivity index (χ1v) is 5.60. The zero-order valence-corrected chi connectivity index (χ0v) is 9.90. The minimum Gasteiger partial charge on any atom is -0.479 e. The van der Waals surface area contributed by atoms with Crippen LogP contribution in [0.25, 0.3) is 0 Å². The van der Waals surface area contributed by atoms with Crippen molar-refractivity contribution in [1.82, 2.24) is 0 Å². The lowest BCUT2D eigenvalue weighted by Gasteiger charge is -2.24. The number of aliphatic hydroxyl groups excluding tert-OH is 2. The third-order valence-electron chi connectivity index (χ3n) is 2.68. The van der Waals surface area contributed by atoms with Crippen LogP contribution >= 0.6 is 0 Å². The quantitative estimate of drug-likeness (QED) is 0.343. The van der Waals surface area contributed by atoms with Crippen LogP contribution in [-0.4, -0.2) is 56.7 Å². The Balaban J connectivity index is 0.000000327. The van der Waals surface area contributed by atoms with E-state index in [0.717, 1.165) is 12.8 Å². The summed E-state index contributed by atoms with van der Waals surface area (Å²) in [6.45, 7) is 0. The Bertz CT molecular complexity index is 258. The van der Waals surface area contributed by atoms with E-state index in [-0.39, 0.29) is 12.1 Å². The minimum absolute atomic E-state index is 0.281. The lowest BCUT2D eigenvalue weighted by molar-refractivity contribution is -0.165. The van der Waals surface area contributed by atoms with Crippen LogP contribution in [0.2, 0.25) is 0 Å². The standard InChI is InChI=1S/C6H14N2.C4H6O6/c7-5-3-1-2-4-6(5)8;5-1(3(7)8)2(6)4(9)10/h5-6H,1-4,7-8H2;1-2,5-6H,(H,7,8)(H,9,10)/t;1-,2-/m.1/s1. The second kappa shape index (κ2) is 7.98. The van der Waals surface area contributed by atoms with Gasteiger partial charge in [0.05, 0.1) is 0 Å². The molecule has 0 bridgehead atoms. The molecule has 0 aliphatic heterocycles. The fourth-order valence-electron chi connectivity index (χ4n) is 1.46. The van der Waals surface area contributed by atoms with E-state index in [0.29, 0.717) is 0 Å². The topological polar surface area (TPSA) is 167 Å². The van der Waals surface area contributed by atoms with E-state index in [4.69, 9.17) is 31.9 Å². The number of carboxylic acids is 2. The van der Waals surface area contributed by atoms with E-state index in [9.17, 15) is 9.59 Å². The Morgan fingerprint density at radius 3 is 1.33 bits per heavy atom. The molecule has 0 aromatic carbocycles. The number of carboxylic acid groups (broad SMARTS) is 2. The van der Waals surface area contributed by atoms with E-state index in [1.165, 1.54) is 12.8 Å². The third kappa shape index (κ3) is 5.92. The van der Waals surface area contributed by atoms with Gasteiger partial charge in [-0.05, 0) is 12.8 Å². The van der Waals surface area contributed by atoms with Crippen LogP contribution in [0.15, 0.2) is 0 Å². The molecule has 0 aromatic rings. The number of aliphatic hydroxyl groups is 2. The predicted octanol–water partition coefficient (Wildman–Crippen LogP) is -1.91. The molecule has 0 spiro atoms. The highest BCUT2D eigenvalue weighted by atomic mass is 16.4. The van der Waals surface area contributed by atoms with Gasteiger partial charge in [-0.25, -0.2) is 9.59 Å². The first kappa shape index (κ1) is 16.8. The molecule has 8 N–H and O–H groups in total. The van der Waals surface area contributed by atoms with Crippen LogP contribution in [0.1, 0.15) is 25.7 Å². The van der Waals surface area contributed by atoms with Crippen molar-refractivity contribution < 1.29 is 30.0 Å².